The molecule has 1 amide bonds. The molecule has 0 aliphatic carbocycles. The first-order valence-corrected chi connectivity index (χ1v) is 12.9. The maximum absolute atomic E-state index is 14.7. The first-order valence-electron chi connectivity index (χ1n) is 12.9. The molecule has 2 N–H and O–H groups in total. The minimum atomic E-state index is -2.77. The number of ether oxygens (including phenoxy) is 2. The van der Waals surface area contributed by atoms with Crippen LogP contribution in [0.25, 0.3) is 33.5 Å². The van der Waals surface area contributed by atoms with E-state index in [1.54, 1.807) is 36.5 Å². The molecule has 0 spiro atoms. The van der Waals surface area contributed by atoms with Gasteiger partial charge in [0.2, 0.25) is 18.3 Å². The van der Waals surface area contributed by atoms with Gasteiger partial charge in [-0.15, -0.1) is 0 Å². The number of carbonyl (C=O) groups is 1. The largest absolute Gasteiger partial charge is 0.489 e. The molecule has 5 rings (SSSR count). The van der Waals surface area contributed by atoms with Crippen LogP contribution in [-0.2, 0) is 9.53 Å². The number of rotatable bonds is 11. The molecule has 1 aromatic carbocycles. The molecule has 0 fully saturated rings. The third-order valence-electron chi connectivity index (χ3n) is 6.46. The molecule has 5 aromatic rings. The van der Waals surface area contributed by atoms with E-state index in [0.717, 1.165) is 18.2 Å². The summed E-state index contributed by atoms with van der Waals surface area (Å²) >= 11 is 0. The van der Waals surface area contributed by atoms with Crippen LogP contribution in [0.5, 0.6) is 5.75 Å². The molecular weight excluding hydrogens is 554 g/mol. The number of benzene rings is 1. The van der Waals surface area contributed by atoms with Crippen LogP contribution >= 0.6 is 0 Å². The number of nitrogens with one attached hydrogen (secondary N) is 2. The van der Waals surface area contributed by atoms with Crippen molar-refractivity contribution in [1.29, 1.82) is 0 Å². The average Bonchev–Trinajstić information content (AvgIpc) is 3.36. The quantitative estimate of drug-likeness (QED) is 0.107. The number of aromatic amines is 1. The Kier molecular flexibility index (Phi) is 8.72. The van der Waals surface area contributed by atoms with Crippen LogP contribution in [0, 0.1) is 11.8 Å². The van der Waals surface area contributed by atoms with E-state index in [4.69, 9.17) is 9.47 Å². The van der Waals surface area contributed by atoms with Crippen LogP contribution < -0.4 is 10.1 Å². The zero-order valence-electron chi connectivity index (χ0n) is 22.3. The zero-order valence-corrected chi connectivity index (χ0v) is 22.3. The minimum Gasteiger partial charge on any atom is -0.489 e. The molecule has 0 aliphatic heterocycles. The molecule has 0 aliphatic rings. The van der Waals surface area contributed by atoms with Crippen LogP contribution in [0.15, 0.2) is 73.1 Å². The summed E-state index contributed by atoms with van der Waals surface area (Å²) in [5.41, 5.74) is 2.91. The summed E-state index contributed by atoms with van der Waals surface area (Å²) in [6.07, 6.45) is -0.510. The van der Waals surface area contributed by atoms with Crippen molar-refractivity contribution in [3.63, 3.8) is 0 Å². The van der Waals surface area contributed by atoms with Crippen LogP contribution in [-0.4, -0.2) is 52.6 Å². The lowest BCUT2D eigenvalue weighted by Gasteiger charge is -2.17. The molecule has 0 bridgehead atoms. The Bertz CT molecular complexity index is 1680. The predicted octanol–water partition coefficient (Wildman–Crippen LogP) is 6.37. The number of alkyl halides is 2. The Morgan fingerprint density at radius 3 is 2.52 bits per heavy atom. The number of hydrogen-bond acceptors (Lipinski definition) is 6. The molecule has 0 saturated heterocycles. The summed E-state index contributed by atoms with van der Waals surface area (Å²) in [7, 11) is 1.52. The van der Waals surface area contributed by atoms with Crippen molar-refractivity contribution in [3.8, 4) is 28.3 Å². The van der Waals surface area contributed by atoms with Crippen molar-refractivity contribution in [3.05, 3.63) is 90.4 Å². The van der Waals surface area contributed by atoms with E-state index in [0.29, 0.717) is 28.0 Å². The van der Waals surface area contributed by atoms with Gasteiger partial charge in [0, 0.05) is 37.6 Å². The van der Waals surface area contributed by atoms with Crippen molar-refractivity contribution in [1.82, 2.24) is 19.9 Å². The highest BCUT2D eigenvalue weighted by Gasteiger charge is 2.26. The fraction of sp³-hybridized carbons (Fsp3) is 0.200. The van der Waals surface area contributed by atoms with Gasteiger partial charge in [-0.3, -0.25) is 9.78 Å². The second-order valence-electron chi connectivity index (χ2n) is 9.25. The second kappa shape index (κ2) is 12.8. The molecular formula is C30H25F4N5O3. The van der Waals surface area contributed by atoms with E-state index >= 15 is 0 Å². The molecule has 1 atom stereocenters. The molecule has 0 radical (unpaired) electrons. The number of halogens is 4. The van der Waals surface area contributed by atoms with Crippen LogP contribution in [0.1, 0.15) is 17.9 Å². The second-order valence-corrected chi connectivity index (χ2v) is 9.25. The average molecular weight is 580 g/mol. The van der Waals surface area contributed by atoms with Crippen molar-refractivity contribution in [2.24, 2.45) is 0 Å². The summed E-state index contributed by atoms with van der Waals surface area (Å²) in [6, 6.07) is 14.4. The minimum absolute atomic E-state index is 0.0835. The highest BCUT2D eigenvalue weighted by atomic mass is 19.3. The molecule has 216 valence electrons. The Morgan fingerprint density at radius 1 is 1.00 bits per heavy atom. The summed E-state index contributed by atoms with van der Waals surface area (Å²) in [5, 5.41) is 2.60. The van der Waals surface area contributed by atoms with Gasteiger partial charge in [0.1, 0.15) is 35.0 Å². The fourth-order valence-electron chi connectivity index (χ4n) is 4.56. The number of amides is 1. The van der Waals surface area contributed by atoms with Gasteiger partial charge in [-0.2, -0.15) is 4.39 Å². The molecule has 4 aromatic heterocycles. The highest BCUT2D eigenvalue weighted by molar-refractivity contribution is 6.03. The normalized spacial score (nSPS) is 12.0. The maximum atomic E-state index is 14.7. The Balaban J connectivity index is 1.55. The number of hydrogen-bond donors (Lipinski definition) is 2. The number of nitrogens with zero attached hydrogens (tertiary/aromatic N) is 3. The van der Waals surface area contributed by atoms with E-state index in [9.17, 15) is 22.4 Å². The molecule has 42 heavy (non-hydrogen) atoms. The molecule has 8 nitrogen and oxygen atoms in total. The van der Waals surface area contributed by atoms with Crippen molar-refractivity contribution in [2.45, 2.75) is 18.8 Å². The van der Waals surface area contributed by atoms with Gasteiger partial charge >= 0.3 is 0 Å². The summed E-state index contributed by atoms with van der Waals surface area (Å²) in [6.45, 7) is 0.450. The van der Waals surface area contributed by atoms with E-state index < -0.39 is 36.4 Å². The summed E-state index contributed by atoms with van der Waals surface area (Å²) in [4.78, 5) is 29.1. The van der Waals surface area contributed by atoms with Crippen LogP contribution in [0.3, 0.4) is 0 Å². The van der Waals surface area contributed by atoms with E-state index in [1.807, 2.05) is 0 Å². The SMILES string of the molecule is COCCOc1cc(F)nc2c(-c3ccccn3)c(-c3ccnc(NC(=O)[C@@H](CC(F)F)c4ccc(F)cc4)c3)[nH]c12. The van der Waals surface area contributed by atoms with Gasteiger partial charge in [0.25, 0.3) is 0 Å². The van der Waals surface area contributed by atoms with Crippen LogP contribution in [0.2, 0.25) is 0 Å². The van der Waals surface area contributed by atoms with Crippen molar-refractivity contribution < 1.29 is 31.8 Å². The van der Waals surface area contributed by atoms with Gasteiger partial charge in [-0.25, -0.2) is 23.1 Å². The number of anilines is 1. The topological polar surface area (TPSA) is 102 Å². The lowest BCUT2D eigenvalue weighted by atomic mass is 9.95. The third kappa shape index (κ3) is 6.39. The lowest BCUT2D eigenvalue weighted by Crippen LogP contribution is -2.23. The molecule has 0 saturated carbocycles. The van der Waals surface area contributed by atoms with Crippen molar-refractivity contribution >= 4 is 22.8 Å². The lowest BCUT2D eigenvalue weighted by molar-refractivity contribution is -0.118. The Morgan fingerprint density at radius 2 is 1.81 bits per heavy atom. The van der Waals surface area contributed by atoms with Crippen LogP contribution in [0.4, 0.5) is 23.4 Å². The predicted molar refractivity (Wildman–Crippen MR) is 148 cm³/mol. The van der Waals surface area contributed by atoms with Gasteiger partial charge in [0.05, 0.1) is 29.5 Å². The van der Waals surface area contributed by atoms with E-state index in [1.165, 1.54) is 25.4 Å². The van der Waals surface area contributed by atoms with E-state index in [-0.39, 0.29) is 35.9 Å². The first-order chi connectivity index (χ1) is 20.3. The highest BCUT2D eigenvalue weighted by Crippen LogP contribution is 2.40. The number of carbonyl (C=O) groups excluding carboxylic acids is 1. The van der Waals surface area contributed by atoms with Gasteiger partial charge < -0.3 is 19.8 Å². The standard InChI is InChI=1S/C30H25F4N5O3/c1-41-12-13-42-22-16-24(34)37-29-26(21-4-2-3-10-35-21)27(39-28(22)29)18-9-11-36-25(14-18)38-30(40)20(15-23(32)33)17-5-7-19(31)8-6-17/h2-11,14,16,20,23,39H,12-13,15H2,1H3,(H,36,38,40)/t20-/m0/s1. The fourth-order valence-corrected chi connectivity index (χ4v) is 4.56. The number of pyridine rings is 3. The Labute approximate surface area is 237 Å². The zero-order chi connectivity index (χ0) is 29.6. The van der Waals surface area contributed by atoms with Crippen molar-refractivity contribution in [2.75, 3.05) is 25.6 Å². The number of methoxy groups -OCH3 is 1. The smallest absolute Gasteiger partial charge is 0.239 e. The monoisotopic (exact) mass is 579 g/mol. The summed E-state index contributed by atoms with van der Waals surface area (Å²) < 4.78 is 65.6. The maximum Gasteiger partial charge on any atom is 0.239 e. The third-order valence-corrected chi connectivity index (χ3v) is 6.46. The van der Waals surface area contributed by atoms with E-state index in [2.05, 4.69) is 25.3 Å². The van der Waals surface area contributed by atoms with Gasteiger partial charge in [-0.1, -0.05) is 18.2 Å². The first kappa shape index (κ1) is 28.7. The number of H-pyrrole nitrogens is 1. The number of fused-ring (bicyclic) bond motifs is 1. The molecule has 0 unspecified atom stereocenters. The number of aromatic nitrogens is 4. The van der Waals surface area contributed by atoms with Gasteiger partial charge in [-0.05, 0) is 42.0 Å². The van der Waals surface area contributed by atoms with Gasteiger partial charge in [0.15, 0.2) is 0 Å². The summed E-state index contributed by atoms with van der Waals surface area (Å²) in [5.74, 6) is -2.98. The molecule has 4 heterocycles. The Hall–Kier alpha value is -4.84. The molecule has 12 heteroatoms.